The molecule has 3 rings (SSSR count). The molecule has 2 aromatic carbocycles. The van der Waals surface area contributed by atoms with E-state index in [-0.39, 0.29) is 22.1 Å². The molecule has 2 aromatic rings. The third-order valence-corrected chi connectivity index (χ3v) is 3.65. The van der Waals surface area contributed by atoms with Crippen LogP contribution >= 0.6 is 11.6 Å². The van der Waals surface area contributed by atoms with Crippen LogP contribution in [0, 0.1) is 5.82 Å². The van der Waals surface area contributed by atoms with Crippen molar-refractivity contribution in [2.75, 3.05) is 0 Å². The Morgan fingerprint density at radius 2 is 1.76 bits per heavy atom. The number of rotatable bonds is 1. The Morgan fingerprint density at radius 3 is 2.48 bits per heavy atom. The van der Waals surface area contributed by atoms with Gasteiger partial charge in [0.25, 0.3) is 11.8 Å². The lowest BCUT2D eigenvalue weighted by atomic mass is 9.94. The summed E-state index contributed by atoms with van der Waals surface area (Å²) in [6.07, 6.45) is -0.0397. The van der Waals surface area contributed by atoms with Gasteiger partial charge in [-0.25, -0.2) is 4.39 Å². The van der Waals surface area contributed by atoms with Gasteiger partial charge in [-0.3, -0.25) is 14.8 Å². The number of amides is 2. The van der Waals surface area contributed by atoms with Gasteiger partial charge in [0, 0.05) is 5.56 Å². The zero-order valence-electron chi connectivity index (χ0n) is 10.6. The lowest BCUT2D eigenvalue weighted by Gasteiger charge is -2.21. The third-order valence-electron chi connectivity index (χ3n) is 3.36. The Hall–Kier alpha value is -2.24. The highest BCUT2D eigenvalue weighted by molar-refractivity contribution is 6.31. The van der Waals surface area contributed by atoms with Gasteiger partial charge in [0.1, 0.15) is 5.82 Å². The first-order valence-electron chi connectivity index (χ1n) is 6.12. The molecule has 0 aliphatic carbocycles. The zero-order chi connectivity index (χ0) is 15.1. The molecule has 1 aliphatic rings. The number of fused-ring (bicyclic) bond motifs is 1. The number of imide groups is 1. The van der Waals surface area contributed by atoms with Crippen LogP contribution < -0.4 is 0 Å². The van der Waals surface area contributed by atoms with Gasteiger partial charge >= 0.3 is 0 Å². The Bertz CT molecular complexity index is 776. The number of nitrogens with zero attached hydrogens (tertiary/aromatic N) is 1. The Kier molecular flexibility index (Phi) is 3.23. The van der Waals surface area contributed by atoms with E-state index in [2.05, 4.69) is 0 Å². The first kappa shape index (κ1) is 13.7. The van der Waals surface area contributed by atoms with Gasteiger partial charge < -0.3 is 0 Å². The maximum atomic E-state index is 13.2. The molecule has 0 unspecified atom stereocenters. The number of carbonyl (C=O) groups is 2. The first-order chi connectivity index (χ1) is 9.97. The predicted molar refractivity (Wildman–Crippen MR) is 73.5 cm³/mol. The van der Waals surface area contributed by atoms with E-state index in [0.717, 1.165) is 0 Å². The van der Waals surface area contributed by atoms with Crippen molar-refractivity contribution in [3.8, 4) is 11.1 Å². The molecule has 4 nitrogen and oxygen atoms in total. The zero-order valence-corrected chi connectivity index (χ0v) is 11.4. The van der Waals surface area contributed by atoms with Gasteiger partial charge in [-0.15, -0.1) is 0 Å². The Balaban J connectivity index is 2.09. The van der Waals surface area contributed by atoms with Crippen molar-refractivity contribution in [2.45, 2.75) is 6.42 Å². The number of halogens is 2. The number of hydroxylamine groups is 2. The monoisotopic (exact) mass is 305 g/mol. The van der Waals surface area contributed by atoms with E-state index >= 15 is 0 Å². The lowest BCUT2D eigenvalue weighted by Crippen LogP contribution is -2.39. The van der Waals surface area contributed by atoms with Crippen molar-refractivity contribution in [1.29, 1.82) is 0 Å². The van der Waals surface area contributed by atoms with Gasteiger partial charge in [-0.1, -0.05) is 29.8 Å². The fourth-order valence-corrected chi connectivity index (χ4v) is 2.43. The molecule has 0 radical (unpaired) electrons. The van der Waals surface area contributed by atoms with Crippen LogP contribution in [0.2, 0.25) is 5.02 Å². The minimum absolute atomic E-state index is 0.0180. The summed E-state index contributed by atoms with van der Waals surface area (Å²) in [4.78, 5) is 23.3. The highest BCUT2D eigenvalue weighted by Gasteiger charge is 2.30. The molecule has 0 bridgehead atoms. The van der Waals surface area contributed by atoms with Gasteiger partial charge in [0.15, 0.2) is 0 Å². The van der Waals surface area contributed by atoms with Crippen molar-refractivity contribution >= 4 is 23.4 Å². The molecule has 0 saturated heterocycles. The molecule has 0 atom stereocenters. The summed E-state index contributed by atoms with van der Waals surface area (Å²) in [6, 6.07) is 9.14. The molecule has 0 saturated carbocycles. The van der Waals surface area contributed by atoms with Gasteiger partial charge in [-0.2, -0.15) is 5.06 Å². The summed E-state index contributed by atoms with van der Waals surface area (Å²) >= 11 is 5.74. The highest BCUT2D eigenvalue weighted by atomic mass is 35.5. The summed E-state index contributed by atoms with van der Waals surface area (Å²) in [7, 11) is 0. The average molecular weight is 306 g/mol. The smallest absolute Gasteiger partial charge is 0.278 e. The van der Waals surface area contributed by atoms with Crippen molar-refractivity contribution < 1.29 is 19.2 Å². The maximum absolute atomic E-state index is 13.2. The number of hydrogen-bond acceptors (Lipinski definition) is 3. The van der Waals surface area contributed by atoms with Crippen LogP contribution in [0.4, 0.5) is 4.39 Å². The molecular weight excluding hydrogens is 297 g/mol. The summed E-state index contributed by atoms with van der Waals surface area (Å²) in [6.45, 7) is 0. The second kappa shape index (κ2) is 4.95. The van der Waals surface area contributed by atoms with E-state index in [1.807, 2.05) is 0 Å². The molecule has 106 valence electrons. The fraction of sp³-hybridized carbons (Fsp3) is 0.0667. The van der Waals surface area contributed by atoms with Crippen LogP contribution in [-0.2, 0) is 11.2 Å². The second-order valence-electron chi connectivity index (χ2n) is 4.69. The lowest BCUT2D eigenvalue weighted by molar-refractivity contribution is -0.153. The quantitative estimate of drug-likeness (QED) is 0.651. The van der Waals surface area contributed by atoms with E-state index < -0.39 is 17.6 Å². The van der Waals surface area contributed by atoms with Crippen LogP contribution in [-0.4, -0.2) is 22.1 Å². The second-order valence-corrected chi connectivity index (χ2v) is 5.10. The van der Waals surface area contributed by atoms with Crippen molar-refractivity contribution in [1.82, 2.24) is 5.06 Å². The normalized spacial score (nSPS) is 14.3. The Morgan fingerprint density at radius 1 is 1.10 bits per heavy atom. The molecular formula is C15H9ClFNO3. The van der Waals surface area contributed by atoms with E-state index in [9.17, 15) is 19.2 Å². The summed E-state index contributed by atoms with van der Waals surface area (Å²) < 4.78 is 13.2. The number of benzene rings is 2. The average Bonchev–Trinajstić information content (AvgIpc) is 2.47. The van der Waals surface area contributed by atoms with Crippen LogP contribution in [0.3, 0.4) is 0 Å². The Labute approximate surface area is 124 Å². The minimum Gasteiger partial charge on any atom is -0.278 e. The van der Waals surface area contributed by atoms with Gasteiger partial charge in [0.2, 0.25) is 0 Å². The van der Waals surface area contributed by atoms with E-state index in [0.29, 0.717) is 16.7 Å². The van der Waals surface area contributed by atoms with Crippen LogP contribution in [0.25, 0.3) is 11.1 Å². The van der Waals surface area contributed by atoms with Crippen LogP contribution in [0.15, 0.2) is 36.4 Å². The third kappa shape index (κ3) is 2.30. The standard InChI is InChI=1S/C15H9ClFNO3/c16-12-6-9(3-4-13(12)17)8-1-2-10-7-14(19)18(21)15(20)11(10)5-8/h1-6,21H,7H2. The largest absolute Gasteiger partial charge is 0.284 e. The van der Waals surface area contributed by atoms with Crippen LogP contribution in [0.5, 0.6) is 0 Å². The van der Waals surface area contributed by atoms with E-state index in [4.69, 9.17) is 11.6 Å². The van der Waals surface area contributed by atoms with Gasteiger partial charge in [0.05, 0.1) is 11.4 Å². The molecule has 0 fully saturated rings. The summed E-state index contributed by atoms with van der Waals surface area (Å²) in [5.74, 6) is -1.96. The minimum atomic E-state index is -0.767. The highest BCUT2D eigenvalue weighted by Crippen LogP contribution is 2.28. The molecule has 1 aliphatic heterocycles. The van der Waals surface area contributed by atoms with Gasteiger partial charge in [-0.05, 0) is 34.9 Å². The maximum Gasteiger partial charge on any atom is 0.284 e. The molecule has 0 aromatic heterocycles. The van der Waals surface area contributed by atoms with E-state index in [1.54, 1.807) is 18.2 Å². The van der Waals surface area contributed by atoms with Crippen molar-refractivity contribution in [3.05, 3.63) is 58.4 Å². The first-order valence-corrected chi connectivity index (χ1v) is 6.49. The molecule has 21 heavy (non-hydrogen) atoms. The summed E-state index contributed by atoms with van der Waals surface area (Å²) in [5.41, 5.74) is 2.08. The SMILES string of the molecule is O=C1Cc2ccc(-c3ccc(F)c(Cl)c3)cc2C(=O)N1O. The van der Waals surface area contributed by atoms with Crippen molar-refractivity contribution in [2.24, 2.45) is 0 Å². The topological polar surface area (TPSA) is 57.6 Å². The molecule has 2 amide bonds. The number of hydrogen-bond donors (Lipinski definition) is 1. The van der Waals surface area contributed by atoms with Crippen molar-refractivity contribution in [3.63, 3.8) is 0 Å². The molecule has 1 N–H and O–H groups in total. The molecule has 6 heteroatoms. The summed E-state index contributed by atoms with van der Waals surface area (Å²) in [5, 5.41) is 9.50. The van der Waals surface area contributed by atoms with E-state index in [1.165, 1.54) is 18.2 Å². The molecule has 0 spiro atoms. The number of carbonyl (C=O) groups excluding carboxylic acids is 2. The predicted octanol–water partition coefficient (Wildman–Crippen LogP) is 3.06. The van der Waals surface area contributed by atoms with Crippen LogP contribution in [0.1, 0.15) is 15.9 Å². The molecule has 1 heterocycles. The fourth-order valence-electron chi connectivity index (χ4n) is 2.25.